The van der Waals surface area contributed by atoms with Crippen LogP contribution in [0.3, 0.4) is 0 Å². The fourth-order valence-electron chi connectivity index (χ4n) is 3.54. The van der Waals surface area contributed by atoms with E-state index in [1.54, 1.807) is 0 Å². The van der Waals surface area contributed by atoms with Crippen molar-refractivity contribution in [3.63, 3.8) is 0 Å². The van der Waals surface area contributed by atoms with E-state index in [9.17, 15) is 8.42 Å². The molecule has 0 spiro atoms. The van der Waals surface area contributed by atoms with Crippen LogP contribution in [0.4, 0.5) is 0 Å². The Bertz CT molecular complexity index is 372. The molecule has 160 valence electrons. The van der Waals surface area contributed by atoms with Gasteiger partial charge in [0.1, 0.15) is 0 Å². The molecule has 0 heterocycles. The molecular weight excluding hydrogens is 367 g/mol. The second-order valence-electron chi connectivity index (χ2n) is 8.00. The van der Waals surface area contributed by atoms with Crippen LogP contribution in [-0.4, -0.2) is 48.3 Å². The maximum atomic E-state index is 10.6. The van der Waals surface area contributed by atoms with Gasteiger partial charge < -0.3 is 0 Å². The van der Waals surface area contributed by atoms with Gasteiger partial charge in [-0.2, -0.15) is 8.42 Å². The molecule has 0 radical (unpaired) electrons. The van der Waals surface area contributed by atoms with E-state index in [2.05, 4.69) is 6.92 Å². The van der Waals surface area contributed by atoms with Crippen LogP contribution in [0.15, 0.2) is 0 Å². The Balaban J connectivity index is 0. The number of rotatable bonds is 21. The predicted octanol–water partition coefficient (Wildman–Crippen LogP) is 7.05. The molecule has 0 aromatic carbocycles. The summed E-state index contributed by atoms with van der Waals surface area (Å²) in [5.41, 5.74) is 0. The van der Waals surface area contributed by atoms with Gasteiger partial charge in [0.05, 0.1) is 5.75 Å². The molecule has 0 saturated carbocycles. The van der Waals surface area contributed by atoms with Crippen LogP contribution in [0.2, 0.25) is 0 Å². The van der Waals surface area contributed by atoms with Gasteiger partial charge in [0.2, 0.25) is 0 Å². The summed E-state index contributed by atoms with van der Waals surface area (Å²) in [4.78, 5) is 0. The van der Waals surface area contributed by atoms with Crippen molar-refractivity contribution < 1.29 is 13.0 Å². The van der Waals surface area contributed by atoms with E-state index in [0.29, 0.717) is 6.42 Å². The van der Waals surface area contributed by atoms with Crippen LogP contribution >= 0.6 is 0 Å². The predicted molar refractivity (Wildman–Crippen MR) is 122 cm³/mol. The zero-order chi connectivity index (χ0) is 19.3. The zero-order valence-corrected chi connectivity index (χ0v) is 18.3. The van der Waals surface area contributed by atoms with Gasteiger partial charge in [-0.05, 0) is 6.42 Å². The van der Waals surface area contributed by atoms with Crippen molar-refractivity contribution in [2.24, 2.45) is 0 Å². The van der Waals surface area contributed by atoms with Crippen LogP contribution in [-0.2, 0) is 10.1 Å². The molecule has 0 unspecified atom stereocenters. The summed E-state index contributed by atoms with van der Waals surface area (Å²) >= 11 is 0. The third kappa shape index (κ3) is 29.2. The molecule has 0 bridgehead atoms. The van der Waals surface area contributed by atoms with E-state index in [0.717, 1.165) is 12.8 Å². The molecule has 3 nitrogen and oxygen atoms in total. The monoisotopic (exact) mass is 414 g/mol. The Labute approximate surface area is 192 Å². The van der Waals surface area contributed by atoms with Gasteiger partial charge in [0.25, 0.3) is 10.1 Å². The van der Waals surface area contributed by atoms with E-state index in [4.69, 9.17) is 4.55 Å². The number of unbranched alkanes of at least 4 members (excludes halogenated alkanes) is 19. The van der Waals surface area contributed by atoms with Crippen molar-refractivity contribution in [3.05, 3.63) is 0 Å². The van der Waals surface area contributed by atoms with Crippen molar-refractivity contribution in [2.75, 3.05) is 5.75 Å². The summed E-state index contributed by atoms with van der Waals surface area (Å²) in [6.07, 6.45) is 26.2. The Hall–Kier alpha value is 0.910. The third-order valence-electron chi connectivity index (χ3n) is 5.26. The van der Waals surface area contributed by atoms with Crippen molar-refractivity contribution in [3.8, 4) is 0 Å². The fraction of sp³-hybridized carbons (Fsp3) is 1.00. The molecule has 0 atom stereocenters. The van der Waals surface area contributed by atoms with Gasteiger partial charge in [-0.3, -0.25) is 4.55 Å². The molecule has 0 rings (SSSR count). The average Bonchev–Trinajstić information content (AvgIpc) is 2.59. The number of hydrogen-bond acceptors (Lipinski definition) is 2. The maximum absolute atomic E-state index is 10.6. The van der Waals surface area contributed by atoms with Gasteiger partial charge in [-0.25, -0.2) is 0 Å². The molecule has 0 aromatic heterocycles. The summed E-state index contributed by atoms with van der Waals surface area (Å²) in [5, 5.41) is 0. The summed E-state index contributed by atoms with van der Waals surface area (Å²) < 4.78 is 29.8. The van der Waals surface area contributed by atoms with Gasteiger partial charge in [0, 0.05) is 0 Å². The van der Waals surface area contributed by atoms with Crippen molar-refractivity contribution in [2.45, 2.75) is 135 Å². The molecule has 1 N–H and O–H groups in total. The van der Waals surface area contributed by atoms with Crippen LogP contribution in [0.25, 0.3) is 0 Å². The minimum absolute atomic E-state index is 0. The van der Waals surface area contributed by atoms with Crippen molar-refractivity contribution in [1.82, 2.24) is 0 Å². The fourth-order valence-corrected chi connectivity index (χ4v) is 4.11. The van der Waals surface area contributed by atoms with E-state index in [1.165, 1.54) is 109 Å². The SMILES string of the molecule is CCCCCCCCCCCCCCCCCCCCCCS(=O)(=O)O.[NaH]. The second-order valence-corrected chi connectivity index (χ2v) is 9.58. The quantitative estimate of drug-likeness (QED) is 0.124. The van der Waals surface area contributed by atoms with Crippen LogP contribution in [0.5, 0.6) is 0 Å². The summed E-state index contributed by atoms with van der Waals surface area (Å²) in [6.45, 7) is 2.28. The summed E-state index contributed by atoms with van der Waals surface area (Å²) in [5.74, 6) is -0.0774. The third-order valence-corrected chi connectivity index (χ3v) is 6.06. The van der Waals surface area contributed by atoms with Crippen LogP contribution < -0.4 is 0 Å². The molecule has 0 amide bonds. The van der Waals surface area contributed by atoms with E-state index < -0.39 is 10.1 Å². The molecule has 0 aliphatic rings. The van der Waals surface area contributed by atoms with Crippen LogP contribution in [0.1, 0.15) is 135 Å². The Morgan fingerprint density at radius 3 is 0.926 bits per heavy atom. The molecular formula is C22H47NaO3S. The number of hydrogen-bond donors (Lipinski definition) is 1. The van der Waals surface area contributed by atoms with Gasteiger partial charge in [-0.1, -0.05) is 129 Å². The Morgan fingerprint density at radius 1 is 0.481 bits per heavy atom. The summed E-state index contributed by atoms with van der Waals surface area (Å²) in [6, 6.07) is 0. The minimum atomic E-state index is -3.75. The first-order chi connectivity index (χ1) is 12.6. The van der Waals surface area contributed by atoms with Crippen molar-refractivity contribution >= 4 is 39.7 Å². The Morgan fingerprint density at radius 2 is 0.704 bits per heavy atom. The first kappa shape index (κ1) is 30.1. The molecule has 0 aliphatic heterocycles. The van der Waals surface area contributed by atoms with E-state index in [1.807, 2.05) is 0 Å². The molecule has 0 fully saturated rings. The van der Waals surface area contributed by atoms with Crippen molar-refractivity contribution in [1.29, 1.82) is 0 Å². The Kier molecular flexibility index (Phi) is 25.9. The van der Waals surface area contributed by atoms with Gasteiger partial charge >= 0.3 is 29.6 Å². The first-order valence-corrected chi connectivity index (χ1v) is 13.1. The van der Waals surface area contributed by atoms with Gasteiger partial charge in [-0.15, -0.1) is 0 Å². The van der Waals surface area contributed by atoms with E-state index >= 15 is 0 Å². The summed E-state index contributed by atoms with van der Waals surface area (Å²) in [7, 11) is -3.75. The molecule has 5 heteroatoms. The molecule has 0 saturated heterocycles. The van der Waals surface area contributed by atoms with Crippen LogP contribution in [0, 0.1) is 0 Å². The average molecular weight is 415 g/mol. The molecule has 0 aromatic rings. The topological polar surface area (TPSA) is 54.4 Å². The second kappa shape index (κ2) is 23.2. The molecule has 27 heavy (non-hydrogen) atoms. The normalized spacial score (nSPS) is 11.5. The zero-order valence-electron chi connectivity index (χ0n) is 17.5. The van der Waals surface area contributed by atoms with E-state index in [-0.39, 0.29) is 35.3 Å². The first-order valence-electron chi connectivity index (χ1n) is 11.5. The molecule has 0 aliphatic carbocycles. The van der Waals surface area contributed by atoms with Gasteiger partial charge in [0.15, 0.2) is 0 Å². The standard InChI is InChI=1S/C22H46O3S.Na.H/c1-2-3-4-5-6-7-8-9-10-11-12-13-14-15-16-17-18-19-20-21-22-26(23,24)25;;/h2-22H2,1H3,(H,23,24,25);;.